The highest BCUT2D eigenvalue weighted by Gasteiger charge is 2.33. The van der Waals surface area contributed by atoms with Crippen LogP contribution in [0.3, 0.4) is 0 Å². The van der Waals surface area contributed by atoms with E-state index in [9.17, 15) is 9.59 Å². The molecule has 0 aliphatic carbocycles. The Hall–Kier alpha value is -0.820. The molecule has 4 nitrogen and oxygen atoms in total. The highest BCUT2D eigenvalue weighted by Crippen LogP contribution is 2.26. The third kappa shape index (κ3) is 3.25. The third-order valence-electron chi connectivity index (χ3n) is 3.65. The minimum absolute atomic E-state index is 0.0757. The van der Waals surface area contributed by atoms with Crippen molar-refractivity contribution in [3.05, 3.63) is 32.4 Å². The van der Waals surface area contributed by atoms with E-state index in [2.05, 4.69) is 22.6 Å². The zero-order chi connectivity index (χ0) is 14.9. The Morgan fingerprint density at radius 2 is 2.15 bits per heavy atom. The molecule has 1 heterocycles. The number of carbonyl (C=O) groups is 2. The molecule has 1 fully saturated rings. The van der Waals surface area contributed by atoms with E-state index in [4.69, 9.17) is 16.7 Å². The summed E-state index contributed by atoms with van der Waals surface area (Å²) in [6.07, 6.45) is 1.00. The second kappa shape index (κ2) is 6.30. The molecule has 0 radical (unpaired) electrons. The SMILES string of the molecule is CC1CC(C(=O)O)CCN1C(=O)c1cc(Cl)ccc1I. The highest BCUT2D eigenvalue weighted by atomic mass is 127. The number of carboxylic acids is 1. The van der Waals surface area contributed by atoms with Gasteiger partial charge in [-0.1, -0.05) is 11.6 Å². The van der Waals surface area contributed by atoms with Crippen molar-refractivity contribution in [3.8, 4) is 0 Å². The monoisotopic (exact) mass is 407 g/mol. The van der Waals surface area contributed by atoms with Crippen LogP contribution in [-0.2, 0) is 4.79 Å². The summed E-state index contributed by atoms with van der Waals surface area (Å²) in [5.74, 6) is -1.21. The van der Waals surface area contributed by atoms with E-state index in [1.807, 2.05) is 13.0 Å². The number of piperidine rings is 1. The molecule has 1 N–H and O–H groups in total. The number of nitrogens with zero attached hydrogens (tertiary/aromatic N) is 1. The molecule has 1 aliphatic heterocycles. The van der Waals surface area contributed by atoms with Crippen molar-refractivity contribution in [2.45, 2.75) is 25.8 Å². The van der Waals surface area contributed by atoms with Crippen molar-refractivity contribution in [3.63, 3.8) is 0 Å². The Kier molecular flexibility index (Phi) is 4.90. The first-order valence-corrected chi connectivity index (χ1v) is 7.84. The predicted molar refractivity (Wildman–Crippen MR) is 85.0 cm³/mol. The zero-order valence-electron chi connectivity index (χ0n) is 11.0. The van der Waals surface area contributed by atoms with Gasteiger partial charge in [0.2, 0.25) is 0 Å². The molecule has 20 heavy (non-hydrogen) atoms. The van der Waals surface area contributed by atoms with Crippen LogP contribution >= 0.6 is 34.2 Å². The highest BCUT2D eigenvalue weighted by molar-refractivity contribution is 14.1. The average molecular weight is 408 g/mol. The van der Waals surface area contributed by atoms with Gasteiger partial charge in [-0.25, -0.2) is 0 Å². The van der Waals surface area contributed by atoms with Crippen molar-refractivity contribution in [1.29, 1.82) is 0 Å². The molecule has 2 rings (SSSR count). The van der Waals surface area contributed by atoms with Crippen LogP contribution in [0.15, 0.2) is 18.2 Å². The zero-order valence-corrected chi connectivity index (χ0v) is 13.9. The van der Waals surface area contributed by atoms with E-state index in [0.717, 1.165) is 3.57 Å². The first-order valence-electron chi connectivity index (χ1n) is 6.39. The van der Waals surface area contributed by atoms with E-state index in [0.29, 0.717) is 30.0 Å². The van der Waals surface area contributed by atoms with E-state index in [1.165, 1.54) is 0 Å². The second-order valence-electron chi connectivity index (χ2n) is 5.03. The maximum absolute atomic E-state index is 12.6. The first-order chi connectivity index (χ1) is 9.40. The van der Waals surface area contributed by atoms with Crippen LogP contribution in [0.5, 0.6) is 0 Å². The minimum Gasteiger partial charge on any atom is -0.481 e. The molecule has 0 saturated carbocycles. The number of hydrogen-bond acceptors (Lipinski definition) is 2. The van der Waals surface area contributed by atoms with Crippen molar-refractivity contribution in [2.24, 2.45) is 5.92 Å². The van der Waals surface area contributed by atoms with E-state index in [1.54, 1.807) is 17.0 Å². The lowest BCUT2D eigenvalue weighted by Gasteiger charge is -2.36. The Morgan fingerprint density at radius 1 is 1.45 bits per heavy atom. The van der Waals surface area contributed by atoms with Crippen LogP contribution < -0.4 is 0 Å². The largest absolute Gasteiger partial charge is 0.481 e. The van der Waals surface area contributed by atoms with Crippen LogP contribution in [0.1, 0.15) is 30.1 Å². The summed E-state index contributed by atoms with van der Waals surface area (Å²) < 4.78 is 0.851. The van der Waals surface area contributed by atoms with Crippen molar-refractivity contribution < 1.29 is 14.7 Å². The number of carboxylic acid groups (broad SMARTS) is 1. The summed E-state index contributed by atoms with van der Waals surface area (Å²) in [5.41, 5.74) is 0.582. The van der Waals surface area contributed by atoms with Crippen LogP contribution in [0.25, 0.3) is 0 Å². The molecule has 0 spiro atoms. The van der Waals surface area contributed by atoms with Gasteiger partial charge in [0.05, 0.1) is 11.5 Å². The summed E-state index contributed by atoms with van der Waals surface area (Å²) >= 11 is 8.06. The molecule has 1 aromatic rings. The van der Waals surface area contributed by atoms with E-state index < -0.39 is 5.97 Å². The summed E-state index contributed by atoms with van der Waals surface area (Å²) in [6.45, 7) is 2.37. The van der Waals surface area contributed by atoms with Gasteiger partial charge in [-0.05, 0) is 60.6 Å². The summed E-state index contributed by atoms with van der Waals surface area (Å²) in [4.78, 5) is 25.3. The maximum Gasteiger partial charge on any atom is 0.306 e. The fourth-order valence-corrected chi connectivity index (χ4v) is 3.25. The van der Waals surface area contributed by atoms with Gasteiger partial charge in [0.25, 0.3) is 5.91 Å². The second-order valence-corrected chi connectivity index (χ2v) is 6.63. The summed E-state index contributed by atoms with van der Waals surface area (Å²) in [6, 6.07) is 5.15. The fraction of sp³-hybridized carbons (Fsp3) is 0.429. The smallest absolute Gasteiger partial charge is 0.306 e. The minimum atomic E-state index is -0.777. The third-order valence-corrected chi connectivity index (χ3v) is 4.82. The lowest BCUT2D eigenvalue weighted by Crippen LogP contribution is -2.46. The molecule has 108 valence electrons. The maximum atomic E-state index is 12.6. The van der Waals surface area contributed by atoms with Crippen molar-refractivity contribution in [2.75, 3.05) is 6.54 Å². The standard InChI is InChI=1S/C14H15ClINO3/c1-8-6-9(14(19)20)4-5-17(8)13(18)11-7-10(15)2-3-12(11)16/h2-3,7-9H,4-6H2,1H3,(H,19,20). The summed E-state index contributed by atoms with van der Waals surface area (Å²) in [5, 5.41) is 9.59. The Labute approximate surface area is 136 Å². The lowest BCUT2D eigenvalue weighted by atomic mass is 9.91. The Balaban J connectivity index is 2.18. The first kappa shape index (κ1) is 15.6. The number of benzene rings is 1. The number of hydrogen-bond donors (Lipinski definition) is 1. The quantitative estimate of drug-likeness (QED) is 0.766. The van der Waals surface area contributed by atoms with Crippen LogP contribution in [0, 0.1) is 9.49 Å². The van der Waals surface area contributed by atoms with E-state index in [-0.39, 0.29) is 17.9 Å². The Bertz CT molecular complexity index is 549. The molecule has 2 atom stereocenters. The van der Waals surface area contributed by atoms with Gasteiger partial charge in [0.15, 0.2) is 0 Å². The molecular weight excluding hydrogens is 393 g/mol. The summed E-state index contributed by atoms with van der Waals surface area (Å²) in [7, 11) is 0. The number of carbonyl (C=O) groups excluding carboxylic acids is 1. The molecule has 1 aromatic carbocycles. The number of amides is 1. The molecule has 1 aliphatic rings. The van der Waals surface area contributed by atoms with Gasteiger partial charge < -0.3 is 10.0 Å². The molecule has 2 unspecified atom stereocenters. The fourth-order valence-electron chi connectivity index (χ4n) is 2.51. The molecule has 1 amide bonds. The molecular formula is C14H15ClINO3. The van der Waals surface area contributed by atoms with Gasteiger partial charge in [0.1, 0.15) is 0 Å². The van der Waals surface area contributed by atoms with E-state index >= 15 is 0 Å². The number of halogens is 2. The van der Waals surface area contributed by atoms with Gasteiger partial charge in [-0.3, -0.25) is 9.59 Å². The number of aliphatic carboxylic acids is 1. The van der Waals surface area contributed by atoms with Crippen molar-refractivity contribution >= 4 is 46.1 Å². The number of likely N-dealkylation sites (tertiary alicyclic amines) is 1. The number of rotatable bonds is 2. The molecule has 0 bridgehead atoms. The van der Waals surface area contributed by atoms with Crippen LogP contribution in [-0.4, -0.2) is 34.5 Å². The van der Waals surface area contributed by atoms with Crippen LogP contribution in [0.2, 0.25) is 5.02 Å². The van der Waals surface area contributed by atoms with Gasteiger partial charge in [-0.2, -0.15) is 0 Å². The van der Waals surface area contributed by atoms with Crippen LogP contribution in [0.4, 0.5) is 0 Å². The Morgan fingerprint density at radius 3 is 2.75 bits per heavy atom. The van der Waals surface area contributed by atoms with Gasteiger partial charge in [-0.15, -0.1) is 0 Å². The molecule has 0 aromatic heterocycles. The molecule has 1 saturated heterocycles. The normalized spacial score (nSPS) is 22.6. The topological polar surface area (TPSA) is 57.6 Å². The lowest BCUT2D eigenvalue weighted by molar-refractivity contribution is -0.143. The van der Waals surface area contributed by atoms with Crippen molar-refractivity contribution in [1.82, 2.24) is 4.90 Å². The molecule has 6 heteroatoms. The average Bonchev–Trinajstić information content (AvgIpc) is 2.40. The van der Waals surface area contributed by atoms with Gasteiger partial charge in [0, 0.05) is 21.2 Å². The predicted octanol–water partition coefficient (Wildman–Crippen LogP) is 3.27. The van der Waals surface area contributed by atoms with Gasteiger partial charge >= 0.3 is 5.97 Å².